The second kappa shape index (κ2) is 3.77. The molecule has 0 spiro atoms. The first-order valence-electron chi connectivity index (χ1n) is 4.33. The Hall–Kier alpha value is -0.500. The molecule has 11 heavy (non-hydrogen) atoms. The van der Waals surface area contributed by atoms with Crippen molar-refractivity contribution in [1.29, 1.82) is 0 Å². The van der Waals surface area contributed by atoms with Crippen molar-refractivity contribution in [3.63, 3.8) is 0 Å². The molecule has 0 unspecified atom stereocenters. The topological polar surface area (TPSA) is 24.1 Å². The number of rotatable bonds is 3. The van der Waals surface area contributed by atoms with Crippen LogP contribution in [0.1, 0.15) is 20.3 Å². The van der Waals surface area contributed by atoms with E-state index in [9.17, 15) is 0 Å². The first kappa shape index (κ1) is 8.60. The summed E-state index contributed by atoms with van der Waals surface area (Å²) in [7, 11) is 0. The van der Waals surface area contributed by atoms with E-state index in [1.165, 1.54) is 5.70 Å². The van der Waals surface area contributed by atoms with E-state index in [1.807, 2.05) is 0 Å². The van der Waals surface area contributed by atoms with Crippen LogP contribution in [0.2, 0.25) is 0 Å². The van der Waals surface area contributed by atoms with Crippen molar-refractivity contribution in [3.8, 4) is 0 Å². The Balaban J connectivity index is 2.13. The minimum Gasteiger partial charge on any atom is -0.387 e. The Morgan fingerprint density at radius 1 is 1.73 bits per heavy atom. The maximum atomic E-state index is 3.88. The van der Waals surface area contributed by atoms with Crippen molar-refractivity contribution < 1.29 is 0 Å². The molecule has 1 saturated heterocycles. The summed E-state index contributed by atoms with van der Waals surface area (Å²) in [6.07, 6.45) is 1.09. The van der Waals surface area contributed by atoms with Crippen molar-refractivity contribution in [2.45, 2.75) is 26.3 Å². The molecular formula is C9H18N2. The summed E-state index contributed by atoms with van der Waals surface area (Å²) < 4.78 is 0. The van der Waals surface area contributed by atoms with Crippen molar-refractivity contribution in [2.75, 3.05) is 13.1 Å². The molecule has 0 amide bonds. The monoisotopic (exact) mass is 154 g/mol. The van der Waals surface area contributed by atoms with Crippen molar-refractivity contribution in [1.82, 2.24) is 10.6 Å². The normalized spacial score (nSPS) is 24.3. The van der Waals surface area contributed by atoms with Crippen LogP contribution in [-0.2, 0) is 0 Å². The van der Waals surface area contributed by atoms with Crippen LogP contribution in [0.5, 0.6) is 0 Å². The van der Waals surface area contributed by atoms with E-state index in [4.69, 9.17) is 0 Å². The van der Waals surface area contributed by atoms with Gasteiger partial charge in [0.1, 0.15) is 0 Å². The highest BCUT2D eigenvalue weighted by Crippen LogP contribution is 2.07. The molecule has 2 nitrogen and oxygen atoms in total. The highest BCUT2D eigenvalue weighted by Gasteiger charge is 2.16. The zero-order valence-electron chi connectivity index (χ0n) is 7.48. The molecule has 0 radical (unpaired) electrons. The van der Waals surface area contributed by atoms with Crippen LogP contribution < -0.4 is 10.6 Å². The van der Waals surface area contributed by atoms with Gasteiger partial charge in [-0.05, 0) is 12.5 Å². The Kier molecular flexibility index (Phi) is 2.94. The van der Waals surface area contributed by atoms with Gasteiger partial charge in [-0.15, -0.1) is 0 Å². The van der Waals surface area contributed by atoms with Gasteiger partial charge in [0.2, 0.25) is 0 Å². The van der Waals surface area contributed by atoms with Crippen molar-refractivity contribution >= 4 is 0 Å². The number of hydrogen-bond acceptors (Lipinski definition) is 2. The van der Waals surface area contributed by atoms with Gasteiger partial charge in [-0.2, -0.15) is 0 Å². The summed E-state index contributed by atoms with van der Waals surface area (Å²) >= 11 is 0. The lowest BCUT2D eigenvalue weighted by molar-refractivity contribution is 0.484. The zero-order chi connectivity index (χ0) is 8.27. The molecule has 0 aromatic carbocycles. The maximum absolute atomic E-state index is 3.88. The van der Waals surface area contributed by atoms with Gasteiger partial charge >= 0.3 is 0 Å². The van der Waals surface area contributed by atoms with Gasteiger partial charge in [0.25, 0.3) is 0 Å². The summed E-state index contributed by atoms with van der Waals surface area (Å²) in [4.78, 5) is 0. The minimum absolute atomic E-state index is 0.616. The Morgan fingerprint density at radius 2 is 2.45 bits per heavy atom. The highest BCUT2D eigenvalue weighted by molar-refractivity contribution is 5.02. The fourth-order valence-electron chi connectivity index (χ4n) is 1.26. The molecule has 1 fully saturated rings. The molecule has 1 rings (SSSR count). The highest BCUT2D eigenvalue weighted by atomic mass is 15.0. The zero-order valence-corrected chi connectivity index (χ0v) is 7.48. The molecule has 1 aliphatic rings. The average Bonchev–Trinajstić information content (AvgIpc) is 2.31. The van der Waals surface area contributed by atoms with Gasteiger partial charge in [-0.1, -0.05) is 20.4 Å². The third-order valence-corrected chi connectivity index (χ3v) is 1.91. The van der Waals surface area contributed by atoms with E-state index in [2.05, 4.69) is 31.1 Å². The molecule has 1 aliphatic heterocycles. The molecule has 0 aromatic heterocycles. The third-order valence-electron chi connectivity index (χ3n) is 1.91. The lowest BCUT2D eigenvalue weighted by Crippen LogP contribution is -2.33. The van der Waals surface area contributed by atoms with E-state index in [-0.39, 0.29) is 0 Å². The molecule has 64 valence electrons. The standard InChI is InChI=1S/C9H18N2/c1-7(2)5-11-9-4-8(3)10-6-9/h7,9-11H,3-6H2,1-2H3/t9-/m0/s1. The molecule has 2 N–H and O–H groups in total. The van der Waals surface area contributed by atoms with E-state index in [0.29, 0.717) is 6.04 Å². The molecule has 0 aromatic rings. The summed E-state index contributed by atoms with van der Waals surface area (Å²) in [5, 5.41) is 6.72. The van der Waals surface area contributed by atoms with Gasteiger partial charge < -0.3 is 10.6 Å². The van der Waals surface area contributed by atoms with Gasteiger partial charge in [-0.25, -0.2) is 0 Å². The van der Waals surface area contributed by atoms with E-state index < -0.39 is 0 Å². The van der Waals surface area contributed by atoms with Gasteiger partial charge in [0, 0.05) is 24.7 Å². The first-order valence-corrected chi connectivity index (χ1v) is 4.33. The van der Waals surface area contributed by atoms with E-state index in [0.717, 1.165) is 25.4 Å². The van der Waals surface area contributed by atoms with Crippen molar-refractivity contribution in [2.24, 2.45) is 5.92 Å². The lowest BCUT2D eigenvalue weighted by atomic mass is 10.2. The number of nitrogens with one attached hydrogen (secondary N) is 2. The molecule has 0 aliphatic carbocycles. The van der Waals surface area contributed by atoms with Crippen LogP contribution in [0, 0.1) is 5.92 Å². The summed E-state index contributed by atoms with van der Waals surface area (Å²) in [6.45, 7) is 10.5. The largest absolute Gasteiger partial charge is 0.387 e. The minimum atomic E-state index is 0.616. The summed E-state index contributed by atoms with van der Waals surface area (Å²) in [6, 6.07) is 0.616. The SMILES string of the molecule is C=C1C[C@H](NCC(C)C)CN1. The summed E-state index contributed by atoms with van der Waals surface area (Å²) in [5.41, 5.74) is 1.17. The van der Waals surface area contributed by atoms with Crippen LogP contribution >= 0.6 is 0 Å². The quantitative estimate of drug-likeness (QED) is 0.636. The van der Waals surface area contributed by atoms with Crippen molar-refractivity contribution in [3.05, 3.63) is 12.3 Å². The van der Waals surface area contributed by atoms with Crippen LogP contribution in [0.15, 0.2) is 12.3 Å². The van der Waals surface area contributed by atoms with Crippen LogP contribution in [-0.4, -0.2) is 19.1 Å². The van der Waals surface area contributed by atoms with Crippen LogP contribution in [0.25, 0.3) is 0 Å². The molecule has 0 saturated carbocycles. The fourth-order valence-corrected chi connectivity index (χ4v) is 1.26. The maximum Gasteiger partial charge on any atom is 0.0301 e. The first-order chi connectivity index (χ1) is 5.18. The third kappa shape index (κ3) is 2.93. The molecule has 1 heterocycles. The fraction of sp³-hybridized carbons (Fsp3) is 0.778. The second-order valence-electron chi connectivity index (χ2n) is 3.69. The molecule has 1 atom stereocenters. The van der Waals surface area contributed by atoms with Gasteiger partial charge in [0.05, 0.1) is 0 Å². The van der Waals surface area contributed by atoms with Gasteiger partial charge in [0.15, 0.2) is 0 Å². The predicted octanol–water partition coefficient (Wildman–Crippen LogP) is 1.11. The summed E-state index contributed by atoms with van der Waals surface area (Å²) in [5.74, 6) is 0.740. The molecular weight excluding hydrogens is 136 g/mol. The predicted molar refractivity (Wildman–Crippen MR) is 48.4 cm³/mol. The Labute approximate surface area is 69.1 Å². The lowest BCUT2D eigenvalue weighted by Gasteiger charge is -2.12. The molecule has 0 bridgehead atoms. The van der Waals surface area contributed by atoms with Crippen LogP contribution in [0.4, 0.5) is 0 Å². The van der Waals surface area contributed by atoms with Gasteiger partial charge in [-0.3, -0.25) is 0 Å². The van der Waals surface area contributed by atoms with Crippen LogP contribution in [0.3, 0.4) is 0 Å². The average molecular weight is 154 g/mol. The smallest absolute Gasteiger partial charge is 0.0301 e. The van der Waals surface area contributed by atoms with E-state index >= 15 is 0 Å². The Morgan fingerprint density at radius 3 is 2.91 bits per heavy atom. The second-order valence-corrected chi connectivity index (χ2v) is 3.69. The van der Waals surface area contributed by atoms with E-state index in [1.54, 1.807) is 0 Å². The number of hydrogen-bond donors (Lipinski definition) is 2. The Bertz CT molecular complexity index is 140. The molecule has 2 heteroatoms.